The number of carbonyl (C=O) groups is 1. The fraction of sp³-hybridized carbons (Fsp3) is 0.562. The van der Waals surface area contributed by atoms with Gasteiger partial charge in [-0.1, -0.05) is 12.1 Å². The first-order chi connectivity index (χ1) is 10.0. The SMILES string of the molecule is COc1ccccc1NC(=O)[C@H](C)[NH+]1C[C@H](C)O[C@@H](C)C1. The van der Waals surface area contributed by atoms with Crippen LogP contribution in [0.4, 0.5) is 5.69 Å². The summed E-state index contributed by atoms with van der Waals surface area (Å²) in [6.07, 6.45) is 0.371. The molecule has 1 heterocycles. The highest BCUT2D eigenvalue weighted by molar-refractivity contribution is 5.94. The number of hydrogen-bond acceptors (Lipinski definition) is 3. The molecule has 116 valence electrons. The van der Waals surface area contributed by atoms with Crippen LogP contribution in [-0.2, 0) is 9.53 Å². The molecule has 1 aromatic rings. The highest BCUT2D eigenvalue weighted by atomic mass is 16.5. The van der Waals surface area contributed by atoms with Gasteiger partial charge in [-0.25, -0.2) is 0 Å². The van der Waals surface area contributed by atoms with Crippen LogP contribution in [-0.4, -0.2) is 44.4 Å². The van der Waals surface area contributed by atoms with Crippen molar-refractivity contribution in [3.63, 3.8) is 0 Å². The van der Waals surface area contributed by atoms with Gasteiger partial charge in [-0.05, 0) is 32.9 Å². The van der Waals surface area contributed by atoms with Crippen molar-refractivity contribution in [2.24, 2.45) is 0 Å². The van der Waals surface area contributed by atoms with E-state index in [1.807, 2.05) is 31.2 Å². The van der Waals surface area contributed by atoms with E-state index in [1.165, 1.54) is 4.90 Å². The molecule has 0 bridgehead atoms. The minimum Gasteiger partial charge on any atom is -0.495 e. The van der Waals surface area contributed by atoms with Crippen LogP contribution in [0, 0.1) is 0 Å². The molecular weight excluding hydrogens is 268 g/mol. The maximum Gasteiger partial charge on any atom is 0.282 e. The van der Waals surface area contributed by atoms with Crippen LogP contribution in [0.15, 0.2) is 24.3 Å². The molecule has 0 radical (unpaired) electrons. The molecule has 1 aromatic carbocycles. The second-order valence-electron chi connectivity index (χ2n) is 5.74. The number of ether oxygens (including phenoxy) is 2. The Balaban J connectivity index is 2.02. The van der Waals surface area contributed by atoms with Crippen LogP contribution in [0.1, 0.15) is 20.8 Å². The molecule has 0 spiro atoms. The summed E-state index contributed by atoms with van der Waals surface area (Å²) in [6, 6.07) is 7.34. The summed E-state index contributed by atoms with van der Waals surface area (Å²) in [4.78, 5) is 13.7. The van der Waals surface area contributed by atoms with Crippen LogP contribution in [0.3, 0.4) is 0 Å². The van der Waals surface area contributed by atoms with E-state index in [4.69, 9.17) is 9.47 Å². The van der Waals surface area contributed by atoms with Gasteiger partial charge in [0.05, 0.1) is 12.8 Å². The lowest BCUT2D eigenvalue weighted by Crippen LogP contribution is -3.19. The van der Waals surface area contributed by atoms with Gasteiger partial charge >= 0.3 is 0 Å². The number of carbonyl (C=O) groups excluding carboxylic acids is 1. The molecule has 5 nitrogen and oxygen atoms in total. The van der Waals surface area contributed by atoms with Gasteiger partial charge in [0.25, 0.3) is 5.91 Å². The molecule has 1 aliphatic rings. The molecule has 2 N–H and O–H groups in total. The first kappa shape index (κ1) is 15.8. The second-order valence-corrected chi connectivity index (χ2v) is 5.74. The van der Waals surface area contributed by atoms with Gasteiger partial charge in [0.15, 0.2) is 6.04 Å². The molecule has 1 fully saturated rings. The van der Waals surface area contributed by atoms with Gasteiger partial charge in [0.1, 0.15) is 31.0 Å². The smallest absolute Gasteiger partial charge is 0.282 e. The number of hydrogen-bond donors (Lipinski definition) is 2. The fourth-order valence-electron chi connectivity index (χ4n) is 2.84. The average Bonchev–Trinajstić information content (AvgIpc) is 2.46. The molecule has 1 aliphatic heterocycles. The Morgan fingerprint density at radius 3 is 2.57 bits per heavy atom. The highest BCUT2D eigenvalue weighted by Crippen LogP contribution is 2.22. The Labute approximate surface area is 126 Å². The summed E-state index contributed by atoms with van der Waals surface area (Å²) in [5.74, 6) is 0.688. The Kier molecular flexibility index (Phi) is 5.20. The number of para-hydroxylation sites is 2. The van der Waals surface area contributed by atoms with E-state index in [-0.39, 0.29) is 24.2 Å². The Morgan fingerprint density at radius 2 is 1.95 bits per heavy atom. The van der Waals surface area contributed by atoms with Gasteiger partial charge in [-0.3, -0.25) is 4.79 Å². The number of quaternary nitrogens is 1. The summed E-state index contributed by atoms with van der Waals surface area (Å²) < 4.78 is 11.0. The third-order valence-electron chi connectivity index (χ3n) is 3.93. The Hall–Kier alpha value is -1.59. The van der Waals surface area contributed by atoms with Gasteiger partial charge in [0.2, 0.25) is 0 Å². The molecule has 0 saturated carbocycles. The topological polar surface area (TPSA) is 52.0 Å². The van der Waals surface area contributed by atoms with Crippen molar-refractivity contribution in [2.75, 3.05) is 25.5 Å². The van der Waals surface area contributed by atoms with Crippen LogP contribution < -0.4 is 15.0 Å². The third-order valence-corrected chi connectivity index (χ3v) is 3.93. The number of rotatable bonds is 4. The largest absolute Gasteiger partial charge is 0.495 e. The van der Waals surface area contributed by atoms with E-state index in [1.54, 1.807) is 7.11 Å². The molecule has 3 atom stereocenters. The van der Waals surface area contributed by atoms with Crippen molar-refractivity contribution in [3.8, 4) is 5.75 Å². The molecule has 0 aromatic heterocycles. The van der Waals surface area contributed by atoms with Crippen molar-refractivity contribution in [3.05, 3.63) is 24.3 Å². The third kappa shape index (κ3) is 3.95. The number of nitrogens with one attached hydrogen (secondary N) is 2. The van der Waals surface area contributed by atoms with E-state index in [0.717, 1.165) is 13.1 Å². The molecule has 21 heavy (non-hydrogen) atoms. The average molecular weight is 293 g/mol. The van der Waals surface area contributed by atoms with Gasteiger partial charge in [-0.2, -0.15) is 0 Å². The quantitative estimate of drug-likeness (QED) is 0.860. The second kappa shape index (κ2) is 6.91. The first-order valence-electron chi connectivity index (χ1n) is 7.45. The van der Waals surface area contributed by atoms with E-state index in [0.29, 0.717) is 11.4 Å². The first-order valence-corrected chi connectivity index (χ1v) is 7.45. The predicted octanol–water partition coefficient (Wildman–Crippen LogP) is 0.714. The maximum absolute atomic E-state index is 12.5. The number of morpholine rings is 1. The summed E-state index contributed by atoms with van der Waals surface area (Å²) >= 11 is 0. The van der Waals surface area contributed by atoms with Crippen molar-refractivity contribution in [2.45, 2.75) is 39.0 Å². The number of amides is 1. The number of methoxy groups -OCH3 is 1. The predicted molar refractivity (Wildman–Crippen MR) is 81.8 cm³/mol. The lowest BCUT2D eigenvalue weighted by atomic mass is 10.1. The van der Waals surface area contributed by atoms with E-state index in [9.17, 15) is 4.79 Å². The summed E-state index contributed by atoms with van der Waals surface area (Å²) in [5.41, 5.74) is 0.714. The lowest BCUT2D eigenvalue weighted by Gasteiger charge is -2.35. The monoisotopic (exact) mass is 293 g/mol. The van der Waals surface area contributed by atoms with Crippen molar-refractivity contribution >= 4 is 11.6 Å². The van der Waals surface area contributed by atoms with E-state index in [2.05, 4.69) is 19.2 Å². The molecule has 1 saturated heterocycles. The lowest BCUT2D eigenvalue weighted by molar-refractivity contribution is -0.928. The molecular formula is C16H25N2O3+. The minimum atomic E-state index is -0.122. The van der Waals surface area contributed by atoms with E-state index < -0.39 is 0 Å². The normalized spacial score (nSPS) is 27.0. The van der Waals surface area contributed by atoms with Crippen LogP contribution in [0.5, 0.6) is 5.75 Å². The molecule has 0 aliphatic carbocycles. The van der Waals surface area contributed by atoms with Crippen molar-refractivity contribution < 1.29 is 19.2 Å². The molecule has 2 rings (SSSR count). The van der Waals surface area contributed by atoms with Crippen LogP contribution in [0.2, 0.25) is 0 Å². The van der Waals surface area contributed by atoms with Gasteiger partial charge in [0, 0.05) is 0 Å². The summed E-state index contributed by atoms with van der Waals surface area (Å²) in [6.45, 7) is 7.78. The van der Waals surface area contributed by atoms with Gasteiger partial charge < -0.3 is 19.7 Å². The van der Waals surface area contributed by atoms with Crippen molar-refractivity contribution in [1.29, 1.82) is 0 Å². The number of anilines is 1. The minimum absolute atomic E-state index is 0.0100. The highest BCUT2D eigenvalue weighted by Gasteiger charge is 2.33. The van der Waals surface area contributed by atoms with Crippen molar-refractivity contribution in [1.82, 2.24) is 0 Å². The van der Waals surface area contributed by atoms with Gasteiger partial charge in [-0.15, -0.1) is 0 Å². The van der Waals surface area contributed by atoms with Crippen LogP contribution >= 0.6 is 0 Å². The zero-order valence-electron chi connectivity index (χ0n) is 13.2. The summed E-state index contributed by atoms with van der Waals surface area (Å²) in [5, 5.41) is 2.96. The Morgan fingerprint density at radius 1 is 1.33 bits per heavy atom. The van der Waals surface area contributed by atoms with E-state index >= 15 is 0 Å². The Bertz CT molecular complexity index is 482. The number of benzene rings is 1. The fourth-order valence-corrected chi connectivity index (χ4v) is 2.84. The molecule has 1 amide bonds. The zero-order valence-corrected chi connectivity index (χ0v) is 13.2. The maximum atomic E-state index is 12.5. The molecule has 5 heteroatoms. The molecule has 0 unspecified atom stereocenters. The standard InChI is InChI=1S/C16H24N2O3/c1-11-9-18(10-12(2)21-11)13(3)16(19)17-14-7-5-6-8-15(14)20-4/h5-8,11-13H,9-10H2,1-4H3,(H,17,19)/p+1/t11-,12-,13-/m0/s1. The summed E-state index contributed by atoms with van der Waals surface area (Å²) in [7, 11) is 1.60. The zero-order chi connectivity index (χ0) is 15.4. The van der Waals surface area contributed by atoms with Crippen LogP contribution in [0.25, 0.3) is 0 Å².